The second-order valence-electron chi connectivity index (χ2n) is 4.56. The van der Waals surface area contributed by atoms with Gasteiger partial charge in [-0.1, -0.05) is 12.1 Å². The molecule has 19 heavy (non-hydrogen) atoms. The van der Waals surface area contributed by atoms with E-state index in [-0.39, 0.29) is 0 Å². The smallest absolute Gasteiger partial charge is 0.118 e. The third-order valence-electron chi connectivity index (χ3n) is 3.26. The predicted molar refractivity (Wildman–Crippen MR) is 80.0 cm³/mol. The summed E-state index contributed by atoms with van der Waals surface area (Å²) in [6.07, 6.45) is 1.04. The van der Waals surface area contributed by atoms with Gasteiger partial charge in [0, 0.05) is 17.5 Å². The summed E-state index contributed by atoms with van der Waals surface area (Å²) in [7, 11) is 1.69. The number of rotatable bonds is 6. The van der Waals surface area contributed by atoms with Gasteiger partial charge in [0.2, 0.25) is 0 Å². The Kier molecular flexibility index (Phi) is 4.93. The van der Waals surface area contributed by atoms with Crippen molar-refractivity contribution in [1.82, 2.24) is 10.3 Å². The van der Waals surface area contributed by atoms with Crippen LogP contribution in [0.15, 0.2) is 29.8 Å². The molecule has 1 heterocycles. The first kappa shape index (κ1) is 14.0. The monoisotopic (exact) mass is 276 g/mol. The largest absolute Gasteiger partial charge is 0.497 e. The number of nitrogens with zero attached hydrogens (tertiary/aromatic N) is 1. The van der Waals surface area contributed by atoms with Gasteiger partial charge in [-0.3, -0.25) is 0 Å². The Hall–Kier alpha value is -1.39. The molecular formula is C15H20N2OS. The number of benzene rings is 1. The fraction of sp³-hybridized carbons (Fsp3) is 0.400. The summed E-state index contributed by atoms with van der Waals surface area (Å²) in [5.41, 5.74) is 4.35. The van der Waals surface area contributed by atoms with Crippen LogP contribution in [0.4, 0.5) is 0 Å². The first-order valence-electron chi connectivity index (χ1n) is 6.47. The number of aromatic nitrogens is 1. The van der Waals surface area contributed by atoms with Crippen molar-refractivity contribution in [3.63, 3.8) is 0 Å². The van der Waals surface area contributed by atoms with Crippen molar-refractivity contribution >= 4 is 11.3 Å². The molecule has 102 valence electrons. The molecule has 0 saturated carbocycles. The summed E-state index contributed by atoms with van der Waals surface area (Å²) >= 11 is 1.73. The molecule has 0 amide bonds. The summed E-state index contributed by atoms with van der Waals surface area (Å²) in [4.78, 5) is 5.64. The Morgan fingerprint density at radius 3 is 2.63 bits per heavy atom. The summed E-state index contributed by atoms with van der Waals surface area (Å²) in [6, 6.07) is 8.56. The Morgan fingerprint density at radius 1 is 1.32 bits per heavy atom. The quantitative estimate of drug-likeness (QED) is 0.878. The molecule has 1 aromatic carbocycles. The fourth-order valence-electron chi connectivity index (χ4n) is 1.98. The van der Waals surface area contributed by atoms with E-state index in [2.05, 4.69) is 36.3 Å². The van der Waals surface area contributed by atoms with Gasteiger partial charge in [0.15, 0.2) is 0 Å². The standard InChI is InChI=1S/C15H20N2OS/c1-11(13-4-6-14(18-3)7-5-13)16-9-8-15-12(2)17-10-19-15/h4-7,10-11,16H,8-9H2,1-3H3. The zero-order chi connectivity index (χ0) is 13.7. The van der Waals surface area contributed by atoms with E-state index in [0.717, 1.165) is 24.4 Å². The fourth-order valence-corrected chi connectivity index (χ4v) is 2.76. The minimum Gasteiger partial charge on any atom is -0.497 e. The van der Waals surface area contributed by atoms with E-state index in [1.807, 2.05) is 17.6 Å². The first-order chi connectivity index (χ1) is 9.20. The van der Waals surface area contributed by atoms with E-state index in [1.165, 1.54) is 10.4 Å². The zero-order valence-corrected chi connectivity index (χ0v) is 12.5. The third-order valence-corrected chi connectivity index (χ3v) is 4.26. The number of hydrogen-bond acceptors (Lipinski definition) is 4. The Balaban J connectivity index is 1.83. The lowest BCUT2D eigenvalue weighted by Crippen LogP contribution is -2.21. The van der Waals surface area contributed by atoms with Crippen LogP contribution in [0.5, 0.6) is 5.75 Å². The molecule has 0 bridgehead atoms. The molecule has 2 rings (SSSR count). The number of nitrogens with one attached hydrogen (secondary N) is 1. The van der Waals surface area contributed by atoms with Gasteiger partial charge in [-0.2, -0.15) is 0 Å². The molecule has 0 radical (unpaired) electrons. The number of hydrogen-bond donors (Lipinski definition) is 1. The Bertz CT molecular complexity index is 507. The molecule has 1 unspecified atom stereocenters. The van der Waals surface area contributed by atoms with E-state index in [0.29, 0.717) is 6.04 Å². The predicted octanol–water partition coefficient (Wildman–Crippen LogP) is 3.35. The van der Waals surface area contributed by atoms with Crippen molar-refractivity contribution < 1.29 is 4.74 Å². The average Bonchev–Trinajstić information content (AvgIpc) is 2.84. The van der Waals surface area contributed by atoms with Gasteiger partial charge in [-0.05, 0) is 38.0 Å². The van der Waals surface area contributed by atoms with E-state index in [9.17, 15) is 0 Å². The highest BCUT2D eigenvalue weighted by atomic mass is 32.1. The van der Waals surface area contributed by atoms with Crippen molar-refractivity contribution in [2.45, 2.75) is 26.3 Å². The maximum Gasteiger partial charge on any atom is 0.118 e. The zero-order valence-electron chi connectivity index (χ0n) is 11.6. The lowest BCUT2D eigenvalue weighted by Gasteiger charge is -2.14. The molecule has 0 aliphatic carbocycles. The lowest BCUT2D eigenvalue weighted by atomic mass is 10.1. The first-order valence-corrected chi connectivity index (χ1v) is 7.35. The van der Waals surface area contributed by atoms with Gasteiger partial charge >= 0.3 is 0 Å². The highest BCUT2D eigenvalue weighted by molar-refractivity contribution is 7.09. The van der Waals surface area contributed by atoms with Crippen LogP contribution in [-0.2, 0) is 6.42 Å². The molecule has 0 spiro atoms. The van der Waals surface area contributed by atoms with Crippen molar-refractivity contribution in [3.8, 4) is 5.75 Å². The maximum absolute atomic E-state index is 5.17. The summed E-state index contributed by atoms with van der Waals surface area (Å²) in [5.74, 6) is 0.899. The average molecular weight is 276 g/mol. The molecule has 1 aromatic heterocycles. The summed E-state index contributed by atoms with van der Waals surface area (Å²) in [5, 5.41) is 3.54. The van der Waals surface area contributed by atoms with E-state index in [1.54, 1.807) is 18.4 Å². The topological polar surface area (TPSA) is 34.1 Å². The van der Waals surface area contributed by atoms with Gasteiger partial charge in [-0.25, -0.2) is 4.98 Å². The second-order valence-corrected chi connectivity index (χ2v) is 5.50. The van der Waals surface area contributed by atoms with Crippen LogP contribution in [0.2, 0.25) is 0 Å². The van der Waals surface area contributed by atoms with Gasteiger partial charge in [0.05, 0.1) is 18.3 Å². The van der Waals surface area contributed by atoms with Gasteiger partial charge < -0.3 is 10.1 Å². The minimum atomic E-state index is 0.346. The molecule has 2 aromatic rings. The van der Waals surface area contributed by atoms with Crippen molar-refractivity contribution in [2.24, 2.45) is 0 Å². The van der Waals surface area contributed by atoms with E-state index >= 15 is 0 Å². The third kappa shape index (κ3) is 3.78. The number of methoxy groups -OCH3 is 1. The summed E-state index contributed by atoms with van der Waals surface area (Å²) in [6.45, 7) is 5.22. The maximum atomic E-state index is 5.17. The Morgan fingerprint density at radius 2 is 2.05 bits per heavy atom. The normalized spacial score (nSPS) is 12.4. The molecule has 1 N–H and O–H groups in total. The minimum absolute atomic E-state index is 0.346. The highest BCUT2D eigenvalue weighted by Gasteiger charge is 2.06. The van der Waals surface area contributed by atoms with Crippen LogP contribution >= 0.6 is 11.3 Å². The SMILES string of the molecule is COc1ccc(C(C)NCCc2scnc2C)cc1. The molecule has 0 aliphatic rings. The molecule has 4 heteroatoms. The van der Waals surface area contributed by atoms with Gasteiger partial charge in [-0.15, -0.1) is 11.3 Å². The van der Waals surface area contributed by atoms with Crippen LogP contribution in [-0.4, -0.2) is 18.6 Å². The van der Waals surface area contributed by atoms with Crippen LogP contribution in [0.25, 0.3) is 0 Å². The van der Waals surface area contributed by atoms with Crippen LogP contribution < -0.4 is 10.1 Å². The summed E-state index contributed by atoms with van der Waals surface area (Å²) < 4.78 is 5.17. The molecule has 0 fully saturated rings. The van der Waals surface area contributed by atoms with E-state index in [4.69, 9.17) is 4.74 Å². The van der Waals surface area contributed by atoms with Gasteiger partial charge in [0.25, 0.3) is 0 Å². The molecule has 0 saturated heterocycles. The number of ether oxygens (including phenoxy) is 1. The molecule has 0 aliphatic heterocycles. The highest BCUT2D eigenvalue weighted by Crippen LogP contribution is 2.17. The molecule has 3 nitrogen and oxygen atoms in total. The van der Waals surface area contributed by atoms with Gasteiger partial charge in [0.1, 0.15) is 5.75 Å². The molecule has 1 atom stereocenters. The van der Waals surface area contributed by atoms with Crippen molar-refractivity contribution in [2.75, 3.05) is 13.7 Å². The number of aryl methyl sites for hydroxylation is 1. The van der Waals surface area contributed by atoms with Crippen LogP contribution in [0, 0.1) is 6.92 Å². The Labute approximate surface area is 118 Å². The van der Waals surface area contributed by atoms with E-state index < -0.39 is 0 Å². The van der Waals surface area contributed by atoms with Crippen LogP contribution in [0.1, 0.15) is 29.1 Å². The number of thiazole rings is 1. The van der Waals surface area contributed by atoms with Crippen LogP contribution in [0.3, 0.4) is 0 Å². The van der Waals surface area contributed by atoms with Crippen molar-refractivity contribution in [1.29, 1.82) is 0 Å². The molecular weight excluding hydrogens is 256 g/mol. The van der Waals surface area contributed by atoms with Crippen molar-refractivity contribution in [3.05, 3.63) is 45.9 Å². The lowest BCUT2D eigenvalue weighted by molar-refractivity contribution is 0.414. The second kappa shape index (κ2) is 6.68.